The van der Waals surface area contributed by atoms with Crippen LogP contribution in [0.15, 0.2) is 212 Å². The first-order chi connectivity index (χ1) is 30.7. The molecule has 0 spiro atoms. The van der Waals surface area contributed by atoms with Crippen molar-refractivity contribution in [1.29, 1.82) is 0 Å². The van der Waals surface area contributed by atoms with E-state index < -0.39 is 0 Å². The maximum absolute atomic E-state index is 5.11. The van der Waals surface area contributed by atoms with Gasteiger partial charge in [0.05, 0.1) is 22.1 Å². The number of para-hydroxylation sites is 2. The number of aromatic nitrogens is 5. The highest BCUT2D eigenvalue weighted by atomic mass is 15.0. The molecule has 0 bridgehead atoms. The summed E-state index contributed by atoms with van der Waals surface area (Å²) in [7, 11) is 0. The molecule has 0 aliphatic rings. The summed E-state index contributed by atoms with van der Waals surface area (Å²) >= 11 is 0. The molecule has 0 atom stereocenters. The van der Waals surface area contributed by atoms with E-state index in [0.29, 0.717) is 17.5 Å². The Labute approximate surface area is 356 Å². The van der Waals surface area contributed by atoms with Crippen LogP contribution in [-0.4, -0.2) is 24.1 Å². The van der Waals surface area contributed by atoms with Gasteiger partial charge in [0.15, 0.2) is 17.5 Å². The first-order valence-corrected chi connectivity index (χ1v) is 21.0. The second-order valence-corrected chi connectivity index (χ2v) is 16.0. The Morgan fingerprint density at radius 1 is 0.274 bits per heavy atom. The molecule has 0 unspecified atom stereocenters. The van der Waals surface area contributed by atoms with Gasteiger partial charge in [0.25, 0.3) is 0 Å². The molecule has 0 fully saturated rings. The molecule has 0 saturated carbocycles. The molecule has 5 nitrogen and oxygen atoms in total. The molecule has 0 amide bonds. The van der Waals surface area contributed by atoms with E-state index in [-0.39, 0.29) is 0 Å². The van der Waals surface area contributed by atoms with E-state index in [1.807, 2.05) is 18.2 Å². The van der Waals surface area contributed by atoms with Gasteiger partial charge in [-0.1, -0.05) is 158 Å². The van der Waals surface area contributed by atoms with Gasteiger partial charge in [-0.2, -0.15) is 0 Å². The van der Waals surface area contributed by atoms with Crippen LogP contribution in [0.25, 0.3) is 121 Å². The predicted molar refractivity (Wildman–Crippen MR) is 257 cm³/mol. The zero-order valence-corrected chi connectivity index (χ0v) is 33.4. The van der Waals surface area contributed by atoms with Gasteiger partial charge in [-0.3, -0.25) is 0 Å². The van der Waals surface area contributed by atoms with Crippen LogP contribution in [0.4, 0.5) is 0 Å². The summed E-state index contributed by atoms with van der Waals surface area (Å²) in [6.45, 7) is 0. The van der Waals surface area contributed by atoms with Gasteiger partial charge in [-0.25, -0.2) is 15.0 Å². The molecule has 13 aromatic rings. The third kappa shape index (κ3) is 5.32. The lowest BCUT2D eigenvalue weighted by atomic mass is 10.0. The molecule has 3 aromatic heterocycles. The molecule has 3 heterocycles. The minimum Gasteiger partial charge on any atom is -0.309 e. The number of benzene rings is 10. The molecular weight excluding hydrogens is 755 g/mol. The normalized spacial score (nSPS) is 11.9. The maximum atomic E-state index is 5.11. The smallest absolute Gasteiger partial charge is 0.164 e. The first-order valence-electron chi connectivity index (χ1n) is 21.0. The van der Waals surface area contributed by atoms with Crippen molar-refractivity contribution in [3.63, 3.8) is 0 Å². The lowest BCUT2D eigenvalue weighted by Crippen LogP contribution is -2.00. The van der Waals surface area contributed by atoms with Crippen molar-refractivity contribution in [3.05, 3.63) is 212 Å². The average molecular weight is 790 g/mol. The minimum absolute atomic E-state index is 0.638. The second-order valence-electron chi connectivity index (χ2n) is 16.0. The van der Waals surface area contributed by atoms with Crippen LogP contribution in [0, 0.1) is 0 Å². The Morgan fingerprint density at radius 2 is 0.806 bits per heavy atom. The summed E-state index contributed by atoms with van der Waals surface area (Å²) < 4.78 is 4.89. The standard InChI is InChI=1S/C57H35N5/c1-3-15-38(16-4-1)55-58-56(42-25-23-36-13-7-8-17-39(36)33-42)60-57(59-55)43-26-24-41-35-45(29-27-40(41)34-43)62-50-31-28-37-14-9-10-20-46(37)52(50)48-30-32-51-53(54(48)62)47-21-11-12-22-49(47)61(51)44-18-5-2-6-19-44/h1-35H. The van der Waals surface area contributed by atoms with Crippen LogP contribution in [-0.2, 0) is 0 Å². The summed E-state index contributed by atoms with van der Waals surface area (Å²) in [5, 5.41) is 12.0. The topological polar surface area (TPSA) is 48.5 Å². The number of rotatable bonds is 5. The Morgan fingerprint density at radius 3 is 1.58 bits per heavy atom. The number of hydrogen-bond donors (Lipinski definition) is 0. The maximum Gasteiger partial charge on any atom is 0.164 e. The Balaban J connectivity index is 1.02. The van der Waals surface area contributed by atoms with Crippen LogP contribution in [0.3, 0.4) is 0 Å². The third-order valence-corrected chi connectivity index (χ3v) is 12.5. The Kier molecular flexibility index (Phi) is 7.54. The van der Waals surface area contributed by atoms with E-state index in [4.69, 9.17) is 15.0 Å². The molecule has 0 saturated heterocycles. The van der Waals surface area contributed by atoms with E-state index in [9.17, 15) is 0 Å². The Bertz CT molecular complexity index is 3920. The van der Waals surface area contributed by atoms with Crippen LogP contribution < -0.4 is 0 Å². The average Bonchev–Trinajstić information content (AvgIpc) is 3.87. The fourth-order valence-corrected chi connectivity index (χ4v) is 9.64. The van der Waals surface area contributed by atoms with E-state index in [2.05, 4.69) is 203 Å². The molecule has 62 heavy (non-hydrogen) atoms. The summed E-state index contributed by atoms with van der Waals surface area (Å²) in [5.41, 5.74) is 9.84. The van der Waals surface area contributed by atoms with Crippen LogP contribution in [0.1, 0.15) is 0 Å². The number of hydrogen-bond acceptors (Lipinski definition) is 3. The SMILES string of the molecule is c1ccc(-c2nc(-c3ccc4ccccc4c3)nc(-c3ccc4cc(-n5c6ccc7ccccc7c6c6ccc7c(c8ccccc8n7-c7ccccc7)c65)ccc4c3)n2)cc1. The van der Waals surface area contributed by atoms with Crippen molar-refractivity contribution in [3.8, 4) is 45.5 Å². The van der Waals surface area contributed by atoms with Crippen molar-refractivity contribution in [2.24, 2.45) is 0 Å². The molecule has 0 aliphatic carbocycles. The lowest BCUT2D eigenvalue weighted by molar-refractivity contribution is 1.07. The molecule has 0 aliphatic heterocycles. The van der Waals surface area contributed by atoms with Gasteiger partial charge in [0.2, 0.25) is 0 Å². The first kappa shape index (κ1) is 34.5. The third-order valence-electron chi connectivity index (χ3n) is 12.5. The van der Waals surface area contributed by atoms with Crippen LogP contribution in [0.2, 0.25) is 0 Å². The second kappa shape index (κ2) is 13.6. The van der Waals surface area contributed by atoms with Crippen molar-refractivity contribution in [2.45, 2.75) is 0 Å². The van der Waals surface area contributed by atoms with Gasteiger partial charge in [-0.15, -0.1) is 0 Å². The van der Waals surface area contributed by atoms with E-state index in [1.54, 1.807) is 0 Å². The van der Waals surface area contributed by atoms with E-state index in [1.165, 1.54) is 59.8 Å². The monoisotopic (exact) mass is 789 g/mol. The highest BCUT2D eigenvalue weighted by Gasteiger charge is 2.22. The fraction of sp³-hybridized carbons (Fsp3) is 0. The quantitative estimate of drug-likeness (QED) is 0.174. The molecule has 0 N–H and O–H groups in total. The van der Waals surface area contributed by atoms with Crippen LogP contribution >= 0.6 is 0 Å². The zero-order valence-electron chi connectivity index (χ0n) is 33.4. The molecule has 288 valence electrons. The molecule has 0 radical (unpaired) electrons. The van der Waals surface area contributed by atoms with Crippen molar-refractivity contribution in [2.75, 3.05) is 0 Å². The van der Waals surface area contributed by atoms with Gasteiger partial charge in [0, 0.05) is 49.6 Å². The van der Waals surface area contributed by atoms with E-state index in [0.717, 1.165) is 44.2 Å². The molecular formula is C57H35N5. The Hall–Kier alpha value is -8.41. The number of fused-ring (bicyclic) bond motifs is 11. The summed E-state index contributed by atoms with van der Waals surface area (Å²) in [6, 6.07) is 75.8. The van der Waals surface area contributed by atoms with Gasteiger partial charge in [-0.05, 0) is 86.9 Å². The largest absolute Gasteiger partial charge is 0.309 e. The van der Waals surface area contributed by atoms with Gasteiger partial charge < -0.3 is 9.13 Å². The van der Waals surface area contributed by atoms with Crippen molar-refractivity contribution < 1.29 is 0 Å². The molecule has 13 rings (SSSR count). The summed E-state index contributed by atoms with van der Waals surface area (Å²) in [4.78, 5) is 15.2. The zero-order chi connectivity index (χ0) is 40.7. The molecule has 10 aromatic carbocycles. The predicted octanol–water partition coefficient (Wildman–Crippen LogP) is 14.5. The summed E-state index contributed by atoms with van der Waals surface area (Å²) in [6.07, 6.45) is 0. The molecule has 5 heteroatoms. The minimum atomic E-state index is 0.638. The van der Waals surface area contributed by atoms with Crippen molar-refractivity contribution in [1.82, 2.24) is 24.1 Å². The van der Waals surface area contributed by atoms with Gasteiger partial charge >= 0.3 is 0 Å². The van der Waals surface area contributed by atoms with E-state index >= 15 is 0 Å². The number of nitrogens with zero attached hydrogens (tertiary/aromatic N) is 5. The van der Waals surface area contributed by atoms with Gasteiger partial charge in [0.1, 0.15) is 0 Å². The highest BCUT2D eigenvalue weighted by molar-refractivity contribution is 6.30. The van der Waals surface area contributed by atoms with Crippen LogP contribution in [0.5, 0.6) is 0 Å². The fourth-order valence-electron chi connectivity index (χ4n) is 9.64. The van der Waals surface area contributed by atoms with Crippen molar-refractivity contribution >= 4 is 75.9 Å². The summed E-state index contributed by atoms with van der Waals surface area (Å²) in [5.74, 6) is 1.93. The lowest BCUT2D eigenvalue weighted by Gasteiger charge is -2.12. The highest BCUT2D eigenvalue weighted by Crippen LogP contribution is 2.44.